The van der Waals surface area contributed by atoms with Crippen molar-refractivity contribution in [1.82, 2.24) is 18.6 Å². The molecule has 10 heteroatoms. The summed E-state index contributed by atoms with van der Waals surface area (Å²) >= 11 is 0. The highest BCUT2D eigenvalue weighted by atomic mass is 16.5. The van der Waals surface area contributed by atoms with Crippen LogP contribution in [0.4, 0.5) is 0 Å². The highest BCUT2D eigenvalue weighted by Gasteiger charge is 2.74. The van der Waals surface area contributed by atoms with Gasteiger partial charge in [-0.3, -0.25) is 0 Å². The van der Waals surface area contributed by atoms with E-state index in [4.69, 9.17) is 9.47 Å². The van der Waals surface area contributed by atoms with E-state index in [9.17, 15) is 0 Å². The predicted molar refractivity (Wildman–Crippen MR) is 283 cm³/mol. The maximum absolute atomic E-state index is 6.56. The lowest BCUT2D eigenvalue weighted by Crippen LogP contribution is -2.75. The number of aromatic nitrogens is 8. The number of hydrogen-bond donors (Lipinski definition) is 0. The summed E-state index contributed by atoms with van der Waals surface area (Å²) in [5, 5.41) is 0. The molecule has 12 aromatic rings. The number of benzene rings is 8. The summed E-state index contributed by atoms with van der Waals surface area (Å²) in [5.41, 5.74) is 20.4. The van der Waals surface area contributed by atoms with Gasteiger partial charge >= 0.3 is 11.3 Å². The first kappa shape index (κ1) is 40.8. The first-order chi connectivity index (χ1) is 36.9. The Bertz CT molecular complexity index is 4480. The molecule has 2 unspecified atom stereocenters. The molecule has 10 nitrogen and oxygen atoms in total. The molecular weight excluding hydrogens is 925 g/mol. The van der Waals surface area contributed by atoms with Crippen molar-refractivity contribution in [3.05, 3.63) is 259 Å². The van der Waals surface area contributed by atoms with E-state index in [0.29, 0.717) is 0 Å². The normalized spacial score (nSPS) is 17.1. The van der Waals surface area contributed by atoms with E-state index in [1.54, 1.807) is 0 Å². The number of imidazole rings is 1. The van der Waals surface area contributed by atoms with Gasteiger partial charge in [0.25, 0.3) is 5.82 Å². The number of hydrogen-bond acceptors (Lipinski definition) is 2. The number of aryl methyl sites for hydroxylation is 3. The molecule has 10 heterocycles. The van der Waals surface area contributed by atoms with Gasteiger partial charge in [0, 0.05) is 13.0 Å². The summed E-state index contributed by atoms with van der Waals surface area (Å²) in [7, 11) is 2.12. The minimum Gasteiger partial charge on any atom is -0.456 e. The quantitative estimate of drug-likeness (QED) is 0.165. The van der Waals surface area contributed by atoms with Crippen molar-refractivity contribution in [3.8, 4) is 96.0 Å². The maximum Gasteiger partial charge on any atom is 0.469 e. The second-order valence-corrected chi connectivity index (χ2v) is 20.5. The first-order valence-electron chi connectivity index (χ1n) is 25.6. The number of fused-ring (bicyclic) bond motifs is 8. The fourth-order valence-electron chi connectivity index (χ4n) is 13.7. The molecule has 2 atom stereocenters. The Morgan fingerprint density at radius 3 is 1.55 bits per heavy atom. The fraction of sp³-hybridized carbons (Fsp3) is 0.0769. The van der Waals surface area contributed by atoms with Crippen molar-refractivity contribution in [2.75, 3.05) is 0 Å². The summed E-state index contributed by atoms with van der Waals surface area (Å²) in [6.45, 7) is 4.39. The Morgan fingerprint density at radius 1 is 0.440 bits per heavy atom. The molecule has 18 rings (SSSR count). The minimum absolute atomic E-state index is 0.540. The van der Waals surface area contributed by atoms with Crippen molar-refractivity contribution in [2.24, 2.45) is 7.05 Å². The Morgan fingerprint density at radius 2 is 0.920 bits per heavy atom. The lowest BCUT2D eigenvalue weighted by atomic mass is 9.87. The smallest absolute Gasteiger partial charge is 0.456 e. The van der Waals surface area contributed by atoms with Gasteiger partial charge in [0.2, 0.25) is 18.1 Å². The number of ether oxygens (including phenoxy) is 2. The zero-order valence-corrected chi connectivity index (χ0v) is 41.3. The third-order valence-electron chi connectivity index (χ3n) is 16.6. The molecule has 0 saturated carbocycles. The summed E-state index contributed by atoms with van der Waals surface area (Å²) in [4.78, 5) is 0. The van der Waals surface area contributed by atoms with Crippen molar-refractivity contribution < 1.29 is 28.1 Å². The SMILES string of the molecule is C[n+]1ccn2c1-c1cccc3c1C21c2c(cccc2-n2cc(-c4cccc(-c5ccccc5)c4)c[n+]21)O3.Cc1cc(C)[n+]2n1-c1cccc3c1C21c2c(cccc2-n2cc(-c4cccc(-c5ccccc5)c4)c[n+]21)O3. The second-order valence-electron chi connectivity index (χ2n) is 20.5. The van der Waals surface area contributed by atoms with Crippen molar-refractivity contribution in [3.63, 3.8) is 0 Å². The van der Waals surface area contributed by atoms with Crippen LogP contribution < -0.4 is 28.1 Å². The van der Waals surface area contributed by atoms with Crippen molar-refractivity contribution >= 4 is 0 Å². The zero-order valence-electron chi connectivity index (χ0n) is 41.3. The lowest BCUT2D eigenvalue weighted by Gasteiger charge is -2.25. The monoisotopic (exact) mass is 970 g/mol. The summed E-state index contributed by atoms with van der Waals surface area (Å²) in [5.74, 6) is 4.83. The number of nitrogens with zero attached hydrogens (tertiary/aromatic N) is 8. The molecule has 0 amide bonds. The van der Waals surface area contributed by atoms with Crippen LogP contribution in [0.15, 0.2) is 225 Å². The third-order valence-corrected chi connectivity index (χ3v) is 16.6. The molecule has 0 N–H and O–H groups in total. The Labute approximate surface area is 431 Å². The Kier molecular flexibility index (Phi) is 7.74. The Hall–Kier alpha value is -9.80. The van der Waals surface area contributed by atoms with Gasteiger partial charge in [-0.25, -0.2) is 4.57 Å². The predicted octanol–water partition coefficient (Wildman–Crippen LogP) is 11.2. The number of rotatable bonds is 4. The van der Waals surface area contributed by atoms with Crippen LogP contribution in [-0.2, 0) is 18.4 Å². The van der Waals surface area contributed by atoms with Gasteiger partial charge in [0.1, 0.15) is 63.6 Å². The molecule has 0 saturated heterocycles. The molecule has 354 valence electrons. The van der Waals surface area contributed by atoms with E-state index >= 15 is 0 Å². The third kappa shape index (κ3) is 4.99. The van der Waals surface area contributed by atoms with E-state index in [2.05, 4.69) is 283 Å². The lowest BCUT2D eigenvalue weighted by molar-refractivity contribution is -1.02. The van der Waals surface area contributed by atoms with Gasteiger partial charge < -0.3 is 9.47 Å². The summed E-state index contributed by atoms with van der Waals surface area (Å²) < 4.78 is 31.9. The van der Waals surface area contributed by atoms with Crippen LogP contribution >= 0.6 is 0 Å². The van der Waals surface area contributed by atoms with Crippen LogP contribution in [0, 0.1) is 13.8 Å². The topological polar surface area (TPSA) is 53.7 Å². The van der Waals surface area contributed by atoms with E-state index in [1.165, 1.54) is 95.2 Å². The molecule has 0 aliphatic carbocycles. The summed E-state index contributed by atoms with van der Waals surface area (Å²) in [6.07, 6.45) is 13.5. The first-order valence-corrected chi connectivity index (χ1v) is 25.6. The molecule has 75 heavy (non-hydrogen) atoms. The molecule has 4 aromatic heterocycles. The average molecular weight is 971 g/mol. The highest BCUT2D eigenvalue weighted by molar-refractivity contribution is 5.79. The van der Waals surface area contributed by atoms with Crippen LogP contribution in [0.25, 0.3) is 73.0 Å². The molecule has 8 aromatic carbocycles. The average Bonchev–Trinajstić information content (AvgIpc) is 4.53. The maximum atomic E-state index is 6.56. The van der Waals surface area contributed by atoms with E-state index < -0.39 is 11.3 Å². The van der Waals surface area contributed by atoms with Gasteiger partial charge in [0.05, 0.1) is 41.8 Å². The van der Waals surface area contributed by atoms with Gasteiger partial charge in [-0.05, 0) is 110 Å². The molecule has 6 aliphatic rings. The zero-order chi connectivity index (χ0) is 49.5. The second kappa shape index (κ2) is 14.2. The van der Waals surface area contributed by atoms with Crippen molar-refractivity contribution in [2.45, 2.75) is 25.2 Å². The van der Waals surface area contributed by atoms with Crippen molar-refractivity contribution in [1.29, 1.82) is 0 Å². The van der Waals surface area contributed by atoms with Crippen LogP contribution in [-0.4, -0.2) is 18.6 Å². The van der Waals surface area contributed by atoms with Crippen LogP contribution in [0.2, 0.25) is 0 Å². The van der Waals surface area contributed by atoms with Gasteiger partial charge in [-0.15, -0.1) is 14.0 Å². The molecule has 0 bridgehead atoms. The van der Waals surface area contributed by atoms with E-state index in [-0.39, 0.29) is 0 Å². The fourth-order valence-corrected chi connectivity index (χ4v) is 13.7. The van der Waals surface area contributed by atoms with Gasteiger partial charge in [-0.2, -0.15) is 4.57 Å². The molecule has 2 spiro atoms. The van der Waals surface area contributed by atoms with Gasteiger partial charge in [-0.1, -0.05) is 126 Å². The largest absolute Gasteiger partial charge is 0.469 e. The molecule has 0 fully saturated rings. The van der Waals surface area contributed by atoms with Crippen LogP contribution in [0.5, 0.6) is 23.0 Å². The Balaban J connectivity index is 0.000000123. The van der Waals surface area contributed by atoms with E-state index in [1.807, 2.05) is 0 Å². The van der Waals surface area contributed by atoms with E-state index in [0.717, 1.165) is 34.4 Å². The molecule has 0 radical (unpaired) electrons. The molecule has 6 aliphatic heterocycles. The van der Waals surface area contributed by atoms with Gasteiger partial charge in [0.15, 0.2) is 11.1 Å². The highest BCUT2D eigenvalue weighted by Crippen LogP contribution is 2.59. The summed E-state index contributed by atoms with van der Waals surface area (Å²) in [6, 6.07) is 66.7. The van der Waals surface area contributed by atoms with Crippen LogP contribution in [0.3, 0.4) is 0 Å². The minimum atomic E-state index is -0.566. The molecular formula is C65H46N8O2+4. The van der Waals surface area contributed by atoms with Crippen LogP contribution in [0.1, 0.15) is 33.6 Å². The standard InChI is InChI=1S/C33H24N4O.C32H22N4O/c1-21-17-22(2)37-33-31-27(13-7-15-29(31)38-30-16-8-14-28(32(30)33)36(21)37)34-19-26(20-35(33)34)25-12-6-11-24(18-25)23-9-4-3-5-10-23;1-33-16-17-34-31(33)25-12-6-14-27-29(25)32(34)30-26(13-7-15-28(30)37-27)35-19-24(20-36(32)35)23-11-5-10-22(18-23)21-8-3-2-4-9-21/h3-20H,1-2H3;2-20H,1H3/q2*+2.